The van der Waals surface area contributed by atoms with Crippen LogP contribution < -0.4 is 11.2 Å². The number of aromatic nitrogens is 2. The first kappa shape index (κ1) is 13.8. The van der Waals surface area contributed by atoms with E-state index in [0.717, 1.165) is 10.6 Å². The lowest BCUT2D eigenvalue weighted by atomic mass is 9.99. The highest BCUT2D eigenvalue weighted by atomic mass is 35.5. The predicted octanol–water partition coefficient (Wildman–Crippen LogP) is -1.60. The monoisotopic (exact) mass is 286 g/mol. The van der Waals surface area contributed by atoms with Crippen molar-refractivity contribution in [1.82, 2.24) is 9.55 Å². The molecule has 0 bridgehead atoms. The van der Waals surface area contributed by atoms with Crippen LogP contribution in [-0.2, 0) is 4.74 Å². The first-order chi connectivity index (χ1) is 8.95. The maximum Gasteiger partial charge on any atom is 0.330 e. The zero-order valence-corrected chi connectivity index (χ0v) is 10.4. The minimum atomic E-state index is -1.67. The number of H-pyrrole nitrogens is 1. The lowest BCUT2D eigenvalue weighted by molar-refractivity contribution is -0.0912. The number of nitrogens with one attached hydrogen (secondary N) is 1. The van der Waals surface area contributed by atoms with E-state index in [1.165, 1.54) is 6.20 Å². The van der Waals surface area contributed by atoms with E-state index in [4.69, 9.17) is 22.8 Å². The number of halogens is 1. The van der Waals surface area contributed by atoms with Crippen LogP contribution in [0.3, 0.4) is 0 Å². The number of nitrogens with zero attached hydrogens (tertiary/aromatic N) is 1. The van der Waals surface area contributed by atoms with E-state index in [2.05, 4.69) is 5.92 Å². The Morgan fingerprint density at radius 1 is 1.63 bits per heavy atom. The van der Waals surface area contributed by atoms with Crippen LogP contribution in [0.1, 0.15) is 6.23 Å². The molecule has 2 rings (SSSR count). The van der Waals surface area contributed by atoms with Crippen LogP contribution in [0.2, 0.25) is 0 Å². The topological polar surface area (TPSA) is 105 Å². The summed E-state index contributed by atoms with van der Waals surface area (Å²) in [5, 5.41) is 18.1. The SMILES string of the molecule is C#C[C@]1(CO)O[C@@H](n2ccc(=O)[nH]c2=O)[C@H](Cl)[C@@H]1O. The normalized spacial score (nSPS) is 34.1. The van der Waals surface area contributed by atoms with E-state index >= 15 is 0 Å². The van der Waals surface area contributed by atoms with Crippen molar-refractivity contribution in [3.8, 4) is 12.3 Å². The molecule has 0 aliphatic carbocycles. The Kier molecular flexibility index (Phi) is 3.52. The molecule has 1 aromatic heterocycles. The van der Waals surface area contributed by atoms with Gasteiger partial charge in [0, 0.05) is 12.3 Å². The third-order valence-electron chi connectivity index (χ3n) is 2.99. The molecule has 1 fully saturated rings. The van der Waals surface area contributed by atoms with E-state index in [1.54, 1.807) is 0 Å². The fraction of sp³-hybridized carbons (Fsp3) is 0.455. The van der Waals surface area contributed by atoms with Gasteiger partial charge in [0.2, 0.25) is 0 Å². The molecule has 102 valence electrons. The second-order valence-electron chi connectivity index (χ2n) is 4.11. The second-order valence-corrected chi connectivity index (χ2v) is 4.61. The maximum absolute atomic E-state index is 11.6. The Morgan fingerprint density at radius 3 is 2.79 bits per heavy atom. The fourth-order valence-electron chi connectivity index (χ4n) is 1.90. The van der Waals surface area contributed by atoms with Gasteiger partial charge in [-0.25, -0.2) is 4.79 Å². The molecule has 1 aliphatic rings. The first-order valence-corrected chi connectivity index (χ1v) is 5.79. The summed E-state index contributed by atoms with van der Waals surface area (Å²) in [6.45, 7) is -0.650. The van der Waals surface area contributed by atoms with Crippen molar-refractivity contribution in [3.63, 3.8) is 0 Å². The van der Waals surface area contributed by atoms with Crippen molar-refractivity contribution in [3.05, 3.63) is 33.1 Å². The Labute approximate surface area is 112 Å². The van der Waals surface area contributed by atoms with Crippen LogP contribution in [0.4, 0.5) is 0 Å². The van der Waals surface area contributed by atoms with Gasteiger partial charge in [0.25, 0.3) is 5.56 Å². The molecular weight excluding hydrogens is 276 g/mol. The number of ether oxygens (including phenoxy) is 1. The fourth-order valence-corrected chi connectivity index (χ4v) is 2.27. The summed E-state index contributed by atoms with van der Waals surface area (Å²) >= 11 is 5.98. The van der Waals surface area contributed by atoms with Crippen LogP contribution in [0.15, 0.2) is 21.9 Å². The van der Waals surface area contributed by atoms with Gasteiger partial charge in [-0.15, -0.1) is 18.0 Å². The van der Waals surface area contributed by atoms with Crippen molar-refractivity contribution >= 4 is 11.6 Å². The number of aliphatic hydroxyl groups excluding tert-OH is 2. The van der Waals surface area contributed by atoms with Gasteiger partial charge >= 0.3 is 5.69 Å². The number of aromatic amines is 1. The van der Waals surface area contributed by atoms with Gasteiger partial charge in [-0.3, -0.25) is 14.3 Å². The lowest BCUT2D eigenvalue weighted by Crippen LogP contribution is -2.43. The van der Waals surface area contributed by atoms with Crippen molar-refractivity contribution in [2.24, 2.45) is 0 Å². The predicted molar refractivity (Wildman–Crippen MR) is 65.7 cm³/mol. The summed E-state index contributed by atoms with van der Waals surface area (Å²) in [5.41, 5.74) is -3.00. The zero-order valence-electron chi connectivity index (χ0n) is 9.62. The van der Waals surface area contributed by atoms with E-state index in [-0.39, 0.29) is 0 Å². The number of hydrogen-bond donors (Lipinski definition) is 3. The molecule has 1 saturated heterocycles. The van der Waals surface area contributed by atoms with Crippen molar-refractivity contribution < 1.29 is 14.9 Å². The van der Waals surface area contributed by atoms with Gasteiger partial charge in [-0.2, -0.15) is 0 Å². The minimum Gasteiger partial charge on any atom is -0.392 e. The third-order valence-corrected chi connectivity index (χ3v) is 3.44. The van der Waals surface area contributed by atoms with Gasteiger partial charge in [0.15, 0.2) is 11.8 Å². The molecule has 0 saturated carbocycles. The van der Waals surface area contributed by atoms with Gasteiger partial charge in [-0.1, -0.05) is 5.92 Å². The molecule has 4 atom stereocenters. The molecule has 0 aromatic carbocycles. The van der Waals surface area contributed by atoms with E-state index in [1.807, 2.05) is 4.98 Å². The van der Waals surface area contributed by atoms with E-state index < -0.39 is 41.2 Å². The molecule has 7 nitrogen and oxygen atoms in total. The molecule has 0 unspecified atom stereocenters. The standard InChI is InChI=1S/C11H11ClN2O5/c1-2-11(5-15)8(17)7(12)9(19-11)14-4-3-6(16)13-10(14)18/h1,3-4,7-9,15,17H,5H2,(H,13,16,18)/t7-,8+,9-,11-/m1/s1. The Morgan fingerprint density at radius 2 is 2.32 bits per heavy atom. The Hall–Kier alpha value is -1.59. The summed E-state index contributed by atoms with van der Waals surface area (Å²) in [7, 11) is 0. The summed E-state index contributed by atoms with van der Waals surface area (Å²) in [4.78, 5) is 24.7. The average molecular weight is 287 g/mol. The van der Waals surface area contributed by atoms with Crippen LogP contribution in [0.25, 0.3) is 0 Å². The van der Waals surface area contributed by atoms with Crippen molar-refractivity contribution in [1.29, 1.82) is 0 Å². The number of hydrogen-bond acceptors (Lipinski definition) is 5. The van der Waals surface area contributed by atoms with Gasteiger partial charge < -0.3 is 14.9 Å². The van der Waals surface area contributed by atoms with Crippen LogP contribution in [0, 0.1) is 12.3 Å². The molecule has 0 amide bonds. The minimum absolute atomic E-state index is 0.573. The largest absolute Gasteiger partial charge is 0.392 e. The highest BCUT2D eigenvalue weighted by molar-refractivity contribution is 6.21. The smallest absolute Gasteiger partial charge is 0.330 e. The second kappa shape index (κ2) is 4.83. The van der Waals surface area contributed by atoms with Crippen LogP contribution in [-0.4, -0.2) is 43.5 Å². The molecule has 0 spiro atoms. The molecule has 8 heteroatoms. The van der Waals surface area contributed by atoms with E-state index in [9.17, 15) is 19.8 Å². The quantitative estimate of drug-likeness (QED) is 0.449. The molecule has 2 heterocycles. The Balaban J connectivity index is 2.46. The number of rotatable bonds is 2. The van der Waals surface area contributed by atoms with Crippen molar-refractivity contribution in [2.45, 2.75) is 23.3 Å². The molecular formula is C11H11ClN2O5. The maximum atomic E-state index is 11.6. The molecule has 0 radical (unpaired) electrons. The lowest BCUT2D eigenvalue weighted by Gasteiger charge is -2.23. The zero-order chi connectivity index (χ0) is 14.2. The van der Waals surface area contributed by atoms with Crippen molar-refractivity contribution in [2.75, 3.05) is 6.61 Å². The number of aliphatic hydroxyl groups is 2. The summed E-state index contributed by atoms with van der Waals surface area (Å²) in [5.74, 6) is 2.14. The highest BCUT2D eigenvalue weighted by Crippen LogP contribution is 2.39. The summed E-state index contributed by atoms with van der Waals surface area (Å²) in [6, 6.07) is 1.11. The molecule has 1 aromatic rings. The van der Waals surface area contributed by atoms with E-state index in [0.29, 0.717) is 0 Å². The molecule has 3 N–H and O–H groups in total. The number of terminal acetylenes is 1. The number of alkyl halides is 1. The van der Waals surface area contributed by atoms with Crippen LogP contribution >= 0.6 is 11.6 Å². The first-order valence-electron chi connectivity index (χ1n) is 5.35. The Bertz CT molecular complexity index is 633. The third kappa shape index (κ3) is 2.09. The highest BCUT2D eigenvalue weighted by Gasteiger charge is 2.54. The average Bonchev–Trinajstić information content (AvgIpc) is 2.64. The molecule has 1 aliphatic heterocycles. The summed E-state index contributed by atoms with van der Waals surface area (Å²) < 4.78 is 6.35. The van der Waals surface area contributed by atoms with Gasteiger partial charge in [0.1, 0.15) is 11.5 Å². The van der Waals surface area contributed by atoms with Crippen LogP contribution in [0.5, 0.6) is 0 Å². The summed E-state index contributed by atoms with van der Waals surface area (Å²) in [6.07, 6.45) is 3.97. The molecule has 19 heavy (non-hydrogen) atoms. The van der Waals surface area contributed by atoms with Gasteiger partial charge in [0.05, 0.1) is 6.61 Å². The van der Waals surface area contributed by atoms with Gasteiger partial charge in [-0.05, 0) is 0 Å².